The molecule has 1 heterocycles. The summed E-state index contributed by atoms with van der Waals surface area (Å²) in [5.74, 6) is 0.909. The van der Waals surface area contributed by atoms with E-state index in [1.807, 2.05) is 0 Å². The van der Waals surface area contributed by atoms with Crippen LogP contribution < -0.4 is 0 Å². The molecule has 9 heteroatoms. The van der Waals surface area contributed by atoms with Crippen molar-refractivity contribution in [2.45, 2.75) is 143 Å². The monoisotopic (exact) mass is 634 g/mol. The third-order valence-electron chi connectivity index (χ3n) is 14.6. The van der Waals surface area contributed by atoms with Gasteiger partial charge in [-0.15, -0.1) is 0 Å². The van der Waals surface area contributed by atoms with Gasteiger partial charge in [0.05, 0.1) is 17.8 Å². The predicted molar refractivity (Wildman–Crippen MR) is 166 cm³/mol. The molecule has 0 aromatic heterocycles. The normalized spacial score (nSPS) is 47.8. The van der Waals surface area contributed by atoms with E-state index < -0.39 is 41.8 Å². The van der Waals surface area contributed by atoms with Crippen molar-refractivity contribution >= 4 is 11.8 Å². The van der Waals surface area contributed by atoms with E-state index in [0.29, 0.717) is 18.3 Å². The van der Waals surface area contributed by atoms with Gasteiger partial charge in [0.15, 0.2) is 18.7 Å². The Morgan fingerprint density at radius 1 is 1.04 bits per heavy atom. The Balaban J connectivity index is 1.27. The highest BCUT2D eigenvalue weighted by molar-refractivity contribution is 5.93. The van der Waals surface area contributed by atoms with Crippen LogP contribution in [0, 0.1) is 50.7 Å². The number of esters is 1. The first-order valence-electron chi connectivity index (χ1n) is 17.3. The van der Waals surface area contributed by atoms with Gasteiger partial charge >= 0.3 is 5.97 Å². The van der Waals surface area contributed by atoms with Crippen molar-refractivity contribution in [3.8, 4) is 0 Å². The lowest BCUT2D eigenvalue weighted by Gasteiger charge is -2.62. The molecule has 2 spiro atoms. The van der Waals surface area contributed by atoms with E-state index in [2.05, 4.69) is 34.6 Å². The summed E-state index contributed by atoms with van der Waals surface area (Å²) >= 11 is 0. The largest absolute Gasteiger partial charge is 0.457 e. The third kappa shape index (κ3) is 4.60. The maximum atomic E-state index is 14.9. The molecular weight excluding hydrogens is 576 g/mol. The summed E-state index contributed by atoms with van der Waals surface area (Å²) in [6, 6.07) is 0. The van der Waals surface area contributed by atoms with Crippen molar-refractivity contribution < 1.29 is 43.1 Å². The standard InChI is InChI=1S/C36H58O9/c1-20-17-22(29(32(5,6)39)43-21(2)37)44-27-26(20)33(7)15-16-36-18-35(36)14-13-25(45-30(41-10)42-19-40-9)31(3,4)23(35)11-12-24(36)34(33,8)28(27)38/h20,22-27,29-30,39H,11-19H2,1-10H3/t20-,22-,23+,24+,25+,26+,27+,29+,30+,33-,34-,35-,36?/m1/s1. The van der Waals surface area contributed by atoms with E-state index in [-0.39, 0.29) is 52.2 Å². The lowest BCUT2D eigenvalue weighted by molar-refractivity contribution is -0.335. The smallest absolute Gasteiger partial charge is 0.303 e. The molecule has 0 bridgehead atoms. The fraction of sp³-hybridized carbons (Fsp3) is 0.944. The molecule has 1 aliphatic heterocycles. The zero-order chi connectivity index (χ0) is 33.0. The molecule has 0 radical (unpaired) electrons. The molecule has 6 rings (SSSR count). The Morgan fingerprint density at radius 3 is 2.33 bits per heavy atom. The zero-order valence-electron chi connectivity index (χ0n) is 29.3. The van der Waals surface area contributed by atoms with Gasteiger partial charge < -0.3 is 33.5 Å². The third-order valence-corrected chi connectivity index (χ3v) is 14.6. The number of hydrogen-bond acceptors (Lipinski definition) is 9. The number of Topliss-reactive ketones (excluding diaryl/α,β-unsaturated/α-hetero) is 1. The van der Waals surface area contributed by atoms with E-state index >= 15 is 0 Å². The molecule has 6 aliphatic rings. The fourth-order valence-electron chi connectivity index (χ4n) is 12.7. The molecule has 1 unspecified atom stereocenters. The van der Waals surface area contributed by atoms with Gasteiger partial charge in [-0.2, -0.15) is 0 Å². The van der Waals surface area contributed by atoms with E-state index in [1.165, 1.54) is 13.3 Å². The van der Waals surface area contributed by atoms with Gasteiger partial charge in [-0.25, -0.2) is 0 Å². The summed E-state index contributed by atoms with van der Waals surface area (Å²) in [6.07, 6.45) is 6.28. The number of hydrogen-bond donors (Lipinski definition) is 1. The Hall–Kier alpha value is -1.10. The van der Waals surface area contributed by atoms with Gasteiger partial charge in [-0.05, 0) is 105 Å². The van der Waals surface area contributed by atoms with Crippen LogP contribution in [0.2, 0.25) is 0 Å². The molecule has 1 N–H and O–H groups in total. The Bertz CT molecular complexity index is 1180. The minimum atomic E-state index is -1.29. The molecule has 45 heavy (non-hydrogen) atoms. The summed E-state index contributed by atoms with van der Waals surface area (Å²) in [4.78, 5) is 27.0. The van der Waals surface area contributed by atoms with Crippen LogP contribution in [0.5, 0.6) is 0 Å². The number of fused-ring (bicyclic) bond motifs is 4. The van der Waals surface area contributed by atoms with Crippen LogP contribution in [0.1, 0.15) is 107 Å². The lowest BCUT2D eigenvalue weighted by atomic mass is 9.41. The highest BCUT2D eigenvalue weighted by atomic mass is 16.9. The molecule has 1 saturated heterocycles. The first-order chi connectivity index (χ1) is 20.9. The summed E-state index contributed by atoms with van der Waals surface area (Å²) in [5.41, 5.74) is -1.62. The van der Waals surface area contributed by atoms with Crippen LogP contribution in [0.25, 0.3) is 0 Å². The number of ketones is 1. The van der Waals surface area contributed by atoms with Gasteiger partial charge in [0.1, 0.15) is 6.10 Å². The number of carbonyl (C=O) groups is 2. The number of rotatable bonds is 9. The van der Waals surface area contributed by atoms with Gasteiger partial charge in [0.25, 0.3) is 6.48 Å². The quantitative estimate of drug-likeness (QED) is 0.254. The highest BCUT2D eigenvalue weighted by Crippen LogP contribution is 2.89. The van der Waals surface area contributed by atoms with Gasteiger partial charge in [0.2, 0.25) is 0 Å². The summed E-state index contributed by atoms with van der Waals surface area (Å²) in [7, 11) is 3.19. The van der Waals surface area contributed by atoms with Crippen LogP contribution >= 0.6 is 0 Å². The molecule has 13 atom stereocenters. The van der Waals surface area contributed by atoms with E-state index in [4.69, 9.17) is 28.4 Å². The average molecular weight is 635 g/mol. The SMILES string of the molecule is COCO[C@H](OC)O[C@H]1CC[C@]23CC24CC[C@]2(C)[C@H]5[C@H](C)C[C@H]([C@H](OC(C)=O)C(C)(C)O)O[C@@H]5C(=O)[C@@]2(C)[C@@H]4CC[C@H]3C1(C)C. The molecule has 256 valence electrons. The maximum absolute atomic E-state index is 14.9. The van der Waals surface area contributed by atoms with Crippen molar-refractivity contribution in [1.29, 1.82) is 0 Å². The highest BCUT2D eigenvalue weighted by Gasteiger charge is 2.85. The molecule has 6 fully saturated rings. The number of methoxy groups -OCH3 is 2. The minimum Gasteiger partial charge on any atom is -0.457 e. The van der Waals surface area contributed by atoms with E-state index in [0.717, 1.165) is 38.5 Å². The summed E-state index contributed by atoms with van der Waals surface area (Å²) in [5, 5.41) is 11.0. The minimum absolute atomic E-state index is 0.0108. The Morgan fingerprint density at radius 2 is 1.71 bits per heavy atom. The van der Waals surface area contributed by atoms with Crippen molar-refractivity contribution in [1.82, 2.24) is 0 Å². The molecular formula is C36H58O9. The van der Waals surface area contributed by atoms with Crippen LogP contribution in [0.15, 0.2) is 0 Å². The predicted octanol–water partition coefficient (Wildman–Crippen LogP) is 5.65. The van der Waals surface area contributed by atoms with Crippen molar-refractivity contribution in [3.05, 3.63) is 0 Å². The number of aliphatic hydroxyl groups is 1. The van der Waals surface area contributed by atoms with Crippen LogP contribution in [-0.2, 0) is 38.0 Å². The Kier molecular flexibility index (Phi) is 8.23. The number of carbonyl (C=O) groups excluding carboxylic acids is 2. The van der Waals surface area contributed by atoms with E-state index in [1.54, 1.807) is 28.1 Å². The topological polar surface area (TPSA) is 110 Å². The second-order valence-corrected chi connectivity index (χ2v) is 17.3. The first-order valence-corrected chi connectivity index (χ1v) is 17.3. The molecule has 0 aromatic carbocycles. The lowest BCUT2D eigenvalue weighted by Crippen LogP contribution is -2.59. The van der Waals surface area contributed by atoms with Gasteiger partial charge in [-0.1, -0.05) is 34.6 Å². The molecule has 0 aromatic rings. The fourth-order valence-corrected chi connectivity index (χ4v) is 12.7. The average Bonchev–Trinajstić information content (AvgIpc) is 3.59. The van der Waals surface area contributed by atoms with Gasteiger partial charge in [-0.3, -0.25) is 9.59 Å². The molecule has 0 amide bonds. The van der Waals surface area contributed by atoms with Gasteiger partial charge in [0, 0.05) is 32.5 Å². The van der Waals surface area contributed by atoms with Crippen LogP contribution in [0.4, 0.5) is 0 Å². The van der Waals surface area contributed by atoms with E-state index in [9.17, 15) is 14.7 Å². The number of ether oxygens (including phenoxy) is 6. The molecule has 9 nitrogen and oxygen atoms in total. The van der Waals surface area contributed by atoms with Crippen molar-refractivity contribution in [3.63, 3.8) is 0 Å². The second-order valence-electron chi connectivity index (χ2n) is 17.3. The summed E-state index contributed by atoms with van der Waals surface area (Å²) < 4.78 is 35.0. The van der Waals surface area contributed by atoms with Crippen LogP contribution in [-0.4, -0.2) is 74.4 Å². The second kappa shape index (κ2) is 11.0. The molecule has 5 aliphatic carbocycles. The summed E-state index contributed by atoms with van der Waals surface area (Å²) in [6.45, 7) is 15.6. The van der Waals surface area contributed by atoms with Crippen molar-refractivity contribution in [2.75, 3.05) is 21.0 Å². The first kappa shape index (κ1) is 33.8. The molecule has 5 saturated carbocycles. The maximum Gasteiger partial charge on any atom is 0.303 e. The Labute approximate surface area is 269 Å². The zero-order valence-corrected chi connectivity index (χ0v) is 29.3. The van der Waals surface area contributed by atoms with Crippen LogP contribution in [0.3, 0.4) is 0 Å². The van der Waals surface area contributed by atoms with Crippen molar-refractivity contribution in [2.24, 2.45) is 50.7 Å².